The third kappa shape index (κ3) is 4.14. The third-order valence-electron chi connectivity index (χ3n) is 6.79. The standard InChI is InChI=1S/C29H33N5O/c1-4-18-30-29(35)33-20-24-25(6-3)31-34(23-11-8-7-9-12-23)28(24)32-19-10-13-26(32)27(33)22-16-14-21(5-2)15-17-22/h7-17,19,27H,4-6,18,20H2,1-3H3,(H,30,35)/t27-/m0/s1. The van der Waals surface area contributed by atoms with Crippen molar-refractivity contribution in [1.29, 1.82) is 0 Å². The minimum atomic E-state index is -0.214. The summed E-state index contributed by atoms with van der Waals surface area (Å²) >= 11 is 0. The Hall–Kier alpha value is -3.80. The number of carbonyl (C=O) groups excluding carboxylic acids is 1. The highest BCUT2D eigenvalue weighted by Crippen LogP contribution is 2.38. The fourth-order valence-corrected chi connectivity index (χ4v) is 4.97. The second kappa shape index (κ2) is 9.82. The second-order valence-electron chi connectivity index (χ2n) is 9.01. The summed E-state index contributed by atoms with van der Waals surface area (Å²) in [7, 11) is 0. The monoisotopic (exact) mass is 467 g/mol. The summed E-state index contributed by atoms with van der Waals surface area (Å²) in [4.78, 5) is 15.6. The van der Waals surface area contributed by atoms with E-state index >= 15 is 0 Å². The Balaban J connectivity index is 1.73. The first-order valence-corrected chi connectivity index (χ1v) is 12.6. The van der Waals surface area contributed by atoms with Crippen molar-refractivity contribution in [1.82, 2.24) is 24.6 Å². The van der Waals surface area contributed by atoms with Crippen LogP contribution in [0.25, 0.3) is 11.5 Å². The fourth-order valence-electron chi connectivity index (χ4n) is 4.97. The molecule has 0 fully saturated rings. The van der Waals surface area contributed by atoms with E-state index < -0.39 is 0 Å². The Labute approximate surface area is 207 Å². The average Bonchev–Trinajstić information content (AvgIpc) is 3.49. The van der Waals surface area contributed by atoms with E-state index in [9.17, 15) is 4.79 Å². The van der Waals surface area contributed by atoms with Gasteiger partial charge in [0, 0.05) is 18.3 Å². The number of nitrogens with zero attached hydrogens (tertiary/aromatic N) is 4. The largest absolute Gasteiger partial charge is 0.338 e. The molecule has 0 aliphatic carbocycles. The van der Waals surface area contributed by atoms with Crippen molar-refractivity contribution in [3.05, 3.63) is 101 Å². The molecule has 2 aromatic heterocycles. The number of nitrogens with one attached hydrogen (secondary N) is 1. The molecule has 6 heteroatoms. The Morgan fingerprint density at radius 1 is 0.971 bits per heavy atom. The predicted octanol–water partition coefficient (Wildman–Crippen LogP) is 5.81. The molecule has 2 aromatic carbocycles. The highest BCUT2D eigenvalue weighted by molar-refractivity contribution is 5.76. The average molecular weight is 468 g/mol. The van der Waals surface area contributed by atoms with Crippen LogP contribution >= 0.6 is 0 Å². The molecule has 5 rings (SSSR count). The molecule has 6 nitrogen and oxygen atoms in total. The molecule has 1 N–H and O–H groups in total. The van der Waals surface area contributed by atoms with Crippen LogP contribution in [0.5, 0.6) is 0 Å². The van der Waals surface area contributed by atoms with Gasteiger partial charge in [-0.15, -0.1) is 0 Å². The quantitative estimate of drug-likeness (QED) is 0.389. The summed E-state index contributed by atoms with van der Waals surface area (Å²) in [6.07, 6.45) is 4.76. The first kappa shape index (κ1) is 23.0. The Bertz CT molecular complexity index is 1300. The Morgan fingerprint density at radius 3 is 2.43 bits per heavy atom. The molecule has 0 spiro atoms. The lowest BCUT2D eigenvalue weighted by atomic mass is 9.99. The molecule has 0 saturated carbocycles. The van der Waals surface area contributed by atoms with Crippen LogP contribution in [0.3, 0.4) is 0 Å². The van der Waals surface area contributed by atoms with Crippen LogP contribution in [0, 0.1) is 0 Å². The van der Waals surface area contributed by atoms with Crippen LogP contribution in [-0.4, -0.2) is 31.8 Å². The van der Waals surface area contributed by atoms with E-state index in [0.717, 1.165) is 53.3 Å². The maximum atomic E-state index is 13.6. The van der Waals surface area contributed by atoms with Crippen molar-refractivity contribution in [3.8, 4) is 11.5 Å². The van der Waals surface area contributed by atoms with Gasteiger partial charge in [0.1, 0.15) is 5.82 Å². The fraction of sp³-hybridized carbons (Fsp3) is 0.310. The molecular weight excluding hydrogens is 434 g/mol. The number of urea groups is 1. The van der Waals surface area contributed by atoms with E-state index in [-0.39, 0.29) is 12.1 Å². The SMILES string of the molecule is CCCNC(=O)N1Cc2c(CC)nn(-c3ccccc3)c2-n2cccc2[C@@H]1c1ccc(CC)cc1. The number of hydrogen-bond donors (Lipinski definition) is 1. The lowest BCUT2D eigenvalue weighted by Crippen LogP contribution is -2.42. The van der Waals surface area contributed by atoms with Gasteiger partial charge < -0.3 is 14.8 Å². The number of carbonyl (C=O) groups is 1. The van der Waals surface area contributed by atoms with Crippen molar-refractivity contribution >= 4 is 6.03 Å². The summed E-state index contributed by atoms with van der Waals surface area (Å²) in [5, 5.41) is 8.15. The van der Waals surface area contributed by atoms with Gasteiger partial charge in [-0.05, 0) is 54.7 Å². The van der Waals surface area contributed by atoms with Gasteiger partial charge in [-0.25, -0.2) is 9.48 Å². The minimum Gasteiger partial charge on any atom is -0.338 e. The number of amides is 2. The molecule has 1 aliphatic rings. The van der Waals surface area contributed by atoms with Crippen LogP contribution < -0.4 is 5.32 Å². The van der Waals surface area contributed by atoms with E-state index in [1.165, 1.54) is 5.56 Å². The molecule has 0 radical (unpaired) electrons. The molecule has 35 heavy (non-hydrogen) atoms. The van der Waals surface area contributed by atoms with Gasteiger partial charge in [-0.3, -0.25) is 0 Å². The molecule has 1 aliphatic heterocycles. The lowest BCUT2D eigenvalue weighted by molar-refractivity contribution is 0.180. The topological polar surface area (TPSA) is 55.1 Å². The number of fused-ring (bicyclic) bond motifs is 3. The van der Waals surface area contributed by atoms with Gasteiger partial charge in [0.15, 0.2) is 0 Å². The second-order valence-corrected chi connectivity index (χ2v) is 9.01. The van der Waals surface area contributed by atoms with Crippen LogP contribution in [0.4, 0.5) is 4.79 Å². The summed E-state index contributed by atoms with van der Waals surface area (Å²) in [5.74, 6) is 1.01. The van der Waals surface area contributed by atoms with E-state index in [4.69, 9.17) is 5.10 Å². The zero-order valence-electron chi connectivity index (χ0n) is 20.7. The first-order valence-electron chi connectivity index (χ1n) is 12.6. The minimum absolute atomic E-state index is 0.0495. The normalized spacial score (nSPS) is 14.8. The maximum absolute atomic E-state index is 13.6. The van der Waals surface area contributed by atoms with Gasteiger partial charge in [0.25, 0.3) is 0 Å². The van der Waals surface area contributed by atoms with Gasteiger partial charge in [0.2, 0.25) is 0 Å². The van der Waals surface area contributed by atoms with Crippen LogP contribution in [-0.2, 0) is 19.4 Å². The van der Waals surface area contributed by atoms with Crippen LogP contribution in [0.2, 0.25) is 0 Å². The molecule has 3 heterocycles. The number of hydrogen-bond acceptors (Lipinski definition) is 2. The van der Waals surface area contributed by atoms with E-state index in [2.05, 4.69) is 85.4 Å². The van der Waals surface area contributed by atoms with Crippen molar-refractivity contribution in [2.75, 3.05) is 6.54 Å². The summed E-state index contributed by atoms with van der Waals surface area (Å²) < 4.78 is 4.25. The number of rotatable bonds is 6. The molecule has 0 bridgehead atoms. The zero-order chi connectivity index (χ0) is 24.4. The summed E-state index contributed by atoms with van der Waals surface area (Å²) in [5.41, 5.74) is 6.56. The van der Waals surface area contributed by atoms with Crippen LogP contribution in [0.1, 0.15) is 61.3 Å². The van der Waals surface area contributed by atoms with Crippen molar-refractivity contribution in [2.24, 2.45) is 0 Å². The van der Waals surface area contributed by atoms with E-state index in [0.29, 0.717) is 13.1 Å². The summed E-state index contributed by atoms with van der Waals surface area (Å²) in [6, 6.07) is 22.8. The highest BCUT2D eigenvalue weighted by atomic mass is 16.2. The summed E-state index contributed by atoms with van der Waals surface area (Å²) in [6.45, 7) is 7.50. The molecular formula is C29H33N5O. The molecule has 2 amide bonds. The van der Waals surface area contributed by atoms with Gasteiger partial charge in [0.05, 0.1) is 29.7 Å². The molecule has 1 atom stereocenters. The Kier molecular flexibility index (Phi) is 6.45. The zero-order valence-corrected chi connectivity index (χ0v) is 20.7. The number of benzene rings is 2. The number of aryl methyl sites for hydroxylation is 2. The molecule has 180 valence electrons. The Morgan fingerprint density at radius 2 is 1.74 bits per heavy atom. The van der Waals surface area contributed by atoms with Crippen LogP contribution in [0.15, 0.2) is 72.9 Å². The molecule has 0 saturated heterocycles. The van der Waals surface area contributed by atoms with Crippen molar-refractivity contribution < 1.29 is 4.79 Å². The van der Waals surface area contributed by atoms with Gasteiger partial charge in [-0.1, -0.05) is 63.2 Å². The van der Waals surface area contributed by atoms with Gasteiger partial charge >= 0.3 is 6.03 Å². The molecule has 4 aromatic rings. The first-order chi connectivity index (χ1) is 17.2. The van der Waals surface area contributed by atoms with E-state index in [1.54, 1.807) is 0 Å². The predicted molar refractivity (Wildman–Crippen MR) is 139 cm³/mol. The smallest absolute Gasteiger partial charge is 0.318 e. The van der Waals surface area contributed by atoms with Crippen molar-refractivity contribution in [2.45, 2.75) is 52.6 Å². The van der Waals surface area contributed by atoms with Gasteiger partial charge in [-0.2, -0.15) is 5.10 Å². The lowest BCUT2D eigenvalue weighted by Gasteiger charge is -2.31. The maximum Gasteiger partial charge on any atom is 0.318 e. The van der Waals surface area contributed by atoms with E-state index in [1.807, 2.05) is 27.8 Å². The number of para-hydroxylation sites is 1. The molecule has 0 unspecified atom stereocenters. The number of aromatic nitrogens is 3. The third-order valence-corrected chi connectivity index (χ3v) is 6.79. The highest BCUT2D eigenvalue weighted by Gasteiger charge is 2.36. The van der Waals surface area contributed by atoms with Crippen molar-refractivity contribution in [3.63, 3.8) is 0 Å².